The van der Waals surface area contributed by atoms with Crippen molar-refractivity contribution < 1.29 is 0 Å². The first-order chi connectivity index (χ1) is 9.38. The monoisotopic (exact) mass is 256 g/mol. The fraction of sp³-hybridized carbons (Fsp3) is 0.467. The van der Waals surface area contributed by atoms with Gasteiger partial charge in [-0.05, 0) is 30.9 Å². The molecule has 1 aromatic heterocycles. The van der Waals surface area contributed by atoms with Gasteiger partial charge in [0.2, 0.25) is 0 Å². The van der Waals surface area contributed by atoms with E-state index in [1.807, 2.05) is 0 Å². The summed E-state index contributed by atoms with van der Waals surface area (Å²) in [5, 5.41) is 8.58. The second-order valence-corrected chi connectivity index (χ2v) is 5.16. The molecule has 2 N–H and O–H groups in total. The van der Waals surface area contributed by atoms with Crippen LogP contribution < -0.4 is 5.73 Å². The molecule has 1 atom stereocenters. The van der Waals surface area contributed by atoms with Gasteiger partial charge in [0.1, 0.15) is 11.6 Å². The van der Waals surface area contributed by atoms with Gasteiger partial charge in [0, 0.05) is 19.4 Å². The summed E-state index contributed by atoms with van der Waals surface area (Å²) in [6.07, 6.45) is 4.15. The molecule has 1 aromatic carbocycles. The summed E-state index contributed by atoms with van der Waals surface area (Å²) in [6.45, 7) is 1.65. The molecule has 2 heterocycles. The van der Waals surface area contributed by atoms with E-state index >= 15 is 0 Å². The molecule has 0 spiro atoms. The molecule has 0 saturated heterocycles. The summed E-state index contributed by atoms with van der Waals surface area (Å²) in [5.74, 6) is 2.81. The van der Waals surface area contributed by atoms with Gasteiger partial charge in [0.05, 0.1) is 0 Å². The first-order valence-electron chi connectivity index (χ1n) is 7.04. The van der Waals surface area contributed by atoms with E-state index in [1.54, 1.807) is 0 Å². The molecule has 1 aliphatic heterocycles. The van der Waals surface area contributed by atoms with Crippen LogP contribution >= 0.6 is 0 Å². The van der Waals surface area contributed by atoms with Crippen LogP contribution in [0.5, 0.6) is 0 Å². The Bertz CT molecular complexity index is 532. The van der Waals surface area contributed by atoms with Crippen molar-refractivity contribution in [3.8, 4) is 0 Å². The lowest BCUT2D eigenvalue weighted by molar-refractivity contribution is 0.548. The molecule has 3 rings (SSSR count). The third kappa shape index (κ3) is 2.54. The van der Waals surface area contributed by atoms with Gasteiger partial charge in [-0.25, -0.2) is 0 Å². The van der Waals surface area contributed by atoms with Crippen molar-refractivity contribution in [2.75, 3.05) is 6.54 Å². The Hall–Kier alpha value is -1.68. The van der Waals surface area contributed by atoms with Crippen molar-refractivity contribution in [2.24, 2.45) is 5.73 Å². The van der Waals surface area contributed by atoms with Crippen molar-refractivity contribution in [2.45, 2.75) is 38.1 Å². The maximum absolute atomic E-state index is 5.63. The summed E-state index contributed by atoms with van der Waals surface area (Å²) in [7, 11) is 0. The quantitative estimate of drug-likeness (QED) is 0.912. The Morgan fingerprint density at radius 2 is 2.00 bits per heavy atom. The first kappa shape index (κ1) is 12.4. The topological polar surface area (TPSA) is 56.7 Å². The second-order valence-electron chi connectivity index (χ2n) is 5.16. The maximum atomic E-state index is 5.63. The van der Waals surface area contributed by atoms with Gasteiger partial charge in [-0.1, -0.05) is 30.3 Å². The third-order valence-electron chi connectivity index (χ3n) is 3.96. The highest BCUT2D eigenvalue weighted by Crippen LogP contribution is 2.28. The third-order valence-corrected chi connectivity index (χ3v) is 3.96. The van der Waals surface area contributed by atoms with Crippen LogP contribution in [0.1, 0.15) is 36.0 Å². The number of aromatic nitrogens is 3. The number of nitrogens with zero attached hydrogens (tertiary/aromatic N) is 3. The van der Waals surface area contributed by atoms with Crippen LogP contribution in [0.3, 0.4) is 0 Å². The Kier molecular flexibility index (Phi) is 3.60. The van der Waals surface area contributed by atoms with Crippen molar-refractivity contribution in [3.63, 3.8) is 0 Å². The van der Waals surface area contributed by atoms with E-state index in [0.717, 1.165) is 43.9 Å². The molecule has 0 amide bonds. The Morgan fingerprint density at radius 3 is 2.79 bits per heavy atom. The summed E-state index contributed by atoms with van der Waals surface area (Å²) < 4.78 is 2.27. The molecule has 1 aliphatic rings. The van der Waals surface area contributed by atoms with Crippen LogP contribution in [0.4, 0.5) is 0 Å². The smallest absolute Gasteiger partial charge is 0.134 e. The average Bonchev–Trinajstić information content (AvgIpc) is 2.71. The predicted octanol–water partition coefficient (Wildman–Crippen LogP) is 1.90. The molecule has 0 saturated carbocycles. The zero-order valence-electron chi connectivity index (χ0n) is 11.1. The highest BCUT2D eigenvalue weighted by Gasteiger charge is 2.20. The lowest BCUT2D eigenvalue weighted by Gasteiger charge is -2.14. The molecule has 0 fully saturated rings. The number of aryl methyl sites for hydroxylation is 1. The van der Waals surface area contributed by atoms with Gasteiger partial charge < -0.3 is 10.3 Å². The van der Waals surface area contributed by atoms with Crippen molar-refractivity contribution in [1.29, 1.82) is 0 Å². The highest BCUT2D eigenvalue weighted by molar-refractivity contribution is 5.20. The normalized spacial score (nSPS) is 18.9. The number of rotatable bonds is 3. The minimum Gasteiger partial charge on any atom is -0.330 e. The van der Waals surface area contributed by atoms with Crippen molar-refractivity contribution in [3.05, 3.63) is 47.5 Å². The van der Waals surface area contributed by atoms with Crippen molar-refractivity contribution in [1.82, 2.24) is 14.8 Å². The average molecular weight is 256 g/mol. The van der Waals surface area contributed by atoms with Gasteiger partial charge in [0.15, 0.2) is 0 Å². The summed E-state index contributed by atoms with van der Waals surface area (Å²) >= 11 is 0. The van der Waals surface area contributed by atoms with E-state index < -0.39 is 0 Å². The molecule has 0 aliphatic carbocycles. The number of nitrogens with two attached hydrogens (primary N) is 1. The molecular formula is C15H20N4. The Balaban J connectivity index is 1.78. The lowest BCUT2D eigenvalue weighted by Crippen LogP contribution is -2.11. The zero-order valence-corrected chi connectivity index (χ0v) is 11.1. The number of fused-ring (bicyclic) bond motifs is 1. The Labute approximate surface area is 113 Å². The highest BCUT2D eigenvalue weighted by atomic mass is 15.3. The SMILES string of the molecule is NCCc1nnc2n1CCC(c1ccccc1)CC2. The van der Waals surface area contributed by atoms with E-state index in [2.05, 4.69) is 45.1 Å². The van der Waals surface area contributed by atoms with Crippen LogP contribution in [0.25, 0.3) is 0 Å². The second kappa shape index (κ2) is 5.53. The standard InChI is InChI=1S/C15H20N4/c16-10-8-15-18-17-14-7-6-13(9-11-19(14)15)12-4-2-1-3-5-12/h1-5,13H,6-11,16H2. The molecule has 4 nitrogen and oxygen atoms in total. The van der Waals surface area contributed by atoms with Gasteiger partial charge in [-0.15, -0.1) is 10.2 Å². The number of hydrogen-bond donors (Lipinski definition) is 1. The van der Waals surface area contributed by atoms with Gasteiger partial charge in [-0.3, -0.25) is 0 Å². The first-order valence-corrected chi connectivity index (χ1v) is 7.04. The Morgan fingerprint density at radius 1 is 1.16 bits per heavy atom. The van der Waals surface area contributed by atoms with E-state index in [9.17, 15) is 0 Å². The maximum Gasteiger partial charge on any atom is 0.134 e. The number of benzene rings is 1. The van der Waals surface area contributed by atoms with E-state index in [4.69, 9.17) is 5.73 Å². The molecule has 2 aromatic rings. The summed E-state index contributed by atoms with van der Waals surface area (Å²) in [4.78, 5) is 0. The summed E-state index contributed by atoms with van der Waals surface area (Å²) in [6, 6.07) is 10.8. The van der Waals surface area contributed by atoms with Gasteiger partial charge in [-0.2, -0.15) is 0 Å². The zero-order chi connectivity index (χ0) is 13.1. The lowest BCUT2D eigenvalue weighted by atomic mass is 9.92. The molecule has 0 radical (unpaired) electrons. The van der Waals surface area contributed by atoms with Crippen LogP contribution in [-0.2, 0) is 19.4 Å². The molecular weight excluding hydrogens is 236 g/mol. The van der Waals surface area contributed by atoms with E-state index in [-0.39, 0.29) is 0 Å². The largest absolute Gasteiger partial charge is 0.330 e. The van der Waals surface area contributed by atoms with Crippen LogP contribution in [0, 0.1) is 0 Å². The van der Waals surface area contributed by atoms with Crippen LogP contribution in [0.2, 0.25) is 0 Å². The van der Waals surface area contributed by atoms with Gasteiger partial charge >= 0.3 is 0 Å². The van der Waals surface area contributed by atoms with Crippen molar-refractivity contribution >= 4 is 0 Å². The number of hydrogen-bond acceptors (Lipinski definition) is 3. The fourth-order valence-corrected chi connectivity index (χ4v) is 2.92. The fourth-order valence-electron chi connectivity index (χ4n) is 2.92. The summed E-state index contributed by atoms with van der Waals surface area (Å²) in [5.41, 5.74) is 7.08. The van der Waals surface area contributed by atoms with E-state index in [0.29, 0.717) is 12.5 Å². The molecule has 100 valence electrons. The van der Waals surface area contributed by atoms with Crippen LogP contribution in [-0.4, -0.2) is 21.3 Å². The van der Waals surface area contributed by atoms with E-state index in [1.165, 1.54) is 5.56 Å². The molecule has 0 bridgehead atoms. The molecule has 4 heteroatoms. The minimum atomic E-state index is 0.633. The predicted molar refractivity (Wildman–Crippen MR) is 74.9 cm³/mol. The minimum absolute atomic E-state index is 0.633. The molecule has 19 heavy (non-hydrogen) atoms. The molecule has 1 unspecified atom stereocenters. The van der Waals surface area contributed by atoms with Crippen LogP contribution in [0.15, 0.2) is 30.3 Å². The van der Waals surface area contributed by atoms with Gasteiger partial charge in [0.25, 0.3) is 0 Å².